The predicted octanol–water partition coefficient (Wildman–Crippen LogP) is 2.23. The summed E-state index contributed by atoms with van der Waals surface area (Å²) in [5.74, 6) is 0.517. The summed E-state index contributed by atoms with van der Waals surface area (Å²) in [6, 6.07) is 0. The van der Waals surface area contributed by atoms with E-state index in [0.29, 0.717) is 11.2 Å². The average Bonchev–Trinajstić information content (AvgIpc) is 3.28. The van der Waals surface area contributed by atoms with Crippen molar-refractivity contribution in [1.82, 2.24) is 25.0 Å². The van der Waals surface area contributed by atoms with Gasteiger partial charge in [0.2, 0.25) is 0 Å². The van der Waals surface area contributed by atoms with Crippen LogP contribution in [0.1, 0.15) is 29.9 Å². The van der Waals surface area contributed by atoms with Crippen LogP contribution in [0.25, 0.3) is 22.4 Å². The van der Waals surface area contributed by atoms with Gasteiger partial charge in [-0.1, -0.05) is 5.21 Å². The van der Waals surface area contributed by atoms with Crippen LogP contribution in [0, 0.1) is 6.92 Å². The lowest BCUT2D eigenvalue weighted by Gasteiger charge is -2.07. The molecule has 1 aliphatic heterocycles. The minimum absolute atomic E-state index is 0.111. The second-order valence-corrected chi connectivity index (χ2v) is 6.74. The van der Waals surface area contributed by atoms with E-state index in [4.69, 9.17) is 4.74 Å². The fourth-order valence-corrected chi connectivity index (χ4v) is 3.75. The minimum atomic E-state index is -0.111. The first-order chi connectivity index (χ1) is 11.7. The van der Waals surface area contributed by atoms with Gasteiger partial charge < -0.3 is 9.72 Å². The molecule has 3 aromatic heterocycles. The van der Waals surface area contributed by atoms with Gasteiger partial charge in [0.05, 0.1) is 24.2 Å². The van der Waals surface area contributed by atoms with Gasteiger partial charge in [-0.2, -0.15) is 0 Å². The molecule has 8 heteroatoms. The molecule has 0 saturated carbocycles. The Morgan fingerprint density at radius 3 is 3.25 bits per heavy atom. The molecule has 0 aliphatic carbocycles. The highest BCUT2D eigenvalue weighted by atomic mass is 32.1. The Morgan fingerprint density at radius 1 is 1.50 bits per heavy atom. The molecule has 0 aromatic carbocycles. The second-order valence-electron chi connectivity index (χ2n) is 5.88. The fourth-order valence-electron chi connectivity index (χ4n) is 2.82. The number of nitrogens with one attached hydrogen (secondary N) is 1. The SMILES string of the molecule is Cc1csc2nc(/C=C/c3cn(CC4CCCO4)nn3)[nH]c(=O)c12. The van der Waals surface area contributed by atoms with Gasteiger partial charge in [0, 0.05) is 6.61 Å². The summed E-state index contributed by atoms with van der Waals surface area (Å²) >= 11 is 1.47. The quantitative estimate of drug-likeness (QED) is 0.785. The molecule has 4 heterocycles. The zero-order chi connectivity index (χ0) is 16.5. The van der Waals surface area contributed by atoms with Crippen molar-refractivity contribution in [2.24, 2.45) is 0 Å². The van der Waals surface area contributed by atoms with Crippen molar-refractivity contribution in [3.63, 3.8) is 0 Å². The highest BCUT2D eigenvalue weighted by Gasteiger charge is 2.16. The highest BCUT2D eigenvalue weighted by molar-refractivity contribution is 7.16. The van der Waals surface area contributed by atoms with E-state index in [9.17, 15) is 4.79 Å². The van der Waals surface area contributed by atoms with Crippen LogP contribution in [-0.2, 0) is 11.3 Å². The third kappa shape index (κ3) is 3.02. The molecule has 1 atom stereocenters. The molecule has 1 saturated heterocycles. The topological polar surface area (TPSA) is 85.7 Å². The van der Waals surface area contributed by atoms with Gasteiger partial charge in [-0.3, -0.25) is 4.79 Å². The summed E-state index contributed by atoms with van der Waals surface area (Å²) in [5.41, 5.74) is 1.56. The maximum Gasteiger partial charge on any atom is 0.260 e. The van der Waals surface area contributed by atoms with E-state index >= 15 is 0 Å². The molecular formula is C16H17N5O2S. The lowest BCUT2D eigenvalue weighted by molar-refractivity contribution is 0.0935. The van der Waals surface area contributed by atoms with Gasteiger partial charge in [-0.15, -0.1) is 16.4 Å². The summed E-state index contributed by atoms with van der Waals surface area (Å²) in [6.45, 7) is 3.46. The first kappa shape index (κ1) is 15.2. The van der Waals surface area contributed by atoms with Crippen LogP contribution < -0.4 is 5.56 Å². The maximum absolute atomic E-state index is 12.1. The van der Waals surface area contributed by atoms with Crippen LogP contribution in [0.5, 0.6) is 0 Å². The number of aromatic amines is 1. The second kappa shape index (κ2) is 6.29. The van der Waals surface area contributed by atoms with Crippen molar-refractivity contribution in [1.29, 1.82) is 0 Å². The van der Waals surface area contributed by atoms with E-state index in [2.05, 4.69) is 20.3 Å². The van der Waals surface area contributed by atoms with E-state index < -0.39 is 0 Å². The number of thiophene rings is 1. The van der Waals surface area contributed by atoms with E-state index in [1.807, 2.05) is 18.5 Å². The standard InChI is InChI=1S/C16H17N5O2S/c1-10-9-24-16-14(10)15(22)17-13(18-16)5-4-11-7-21(20-19-11)8-12-3-2-6-23-12/h4-5,7,9,12H,2-3,6,8H2,1H3,(H,17,18,22)/b5-4+. The molecule has 1 aliphatic rings. The van der Waals surface area contributed by atoms with Crippen molar-refractivity contribution in [3.05, 3.63) is 39.0 Å². The molecule has 0 radical (unpaired) electrons. The van der Waals surface area contributed by atoms with Crippen LogP contribution in [-0.4, -0.2) is 37.7 Å². The molecule has 0 spiro atoms. The largest absolute Gasteiger partial charge is 0.376 e. The number of aromatic nitrogens is 5. The normalized spacial score (nSPS) is 18.1. The van der Waals surface area contributed by atoms with Crippen LogP contribution in [0.2, 0.25) is 0 Å². The molecule has 124 valence electrons. The Hall–Kier alpha value is -2.32. The number of hydrogen-bond acceptors (Lipinski definition) is 6. The van der Waals surface area contributed by atoms with Gasteiger partial charge in [-0.05, 0) is 42.9 Å². The van der Waals surface area contributed by atoms with Crippen molar-refractivity contribution in [3.8, 4) is 0 Å². The summed E-state index contributed by atoms with van der Waals surface area (Å²) in [7, 11) is 0. The molecule has 0 bridgehead atoms. The van der Waals surface area contributed by atoms with Crippen LogP contribution >= 0.6 is 11.3 Å². The molecule has 1 unspecified atom stereocenters. The molecular weight excluding hydrogens is 326 g/mol. The number of H-pyrrole nitrogens is 1. The Balaban J connectivity index is 1.52. The lowest BCUT2D eigenvalue weighted by Crippen LogP contribution is -2.15. The van der Waals surface area contributed by atoms with Crippen molar-refractivity contribution < 1.29 is 4.74 Å². The fraction of sp³-hybridized carbons (Fsp3) is 0.375. The third-order valence-corrected chi connectivity index (χ3v) is 5.02. The Labute approximate surface area is 142 Å². The van der Waals surface area contributed by atoms with Crippen LogP contribution in [0.15, 0.2) is 16.4 Å². The summed E-state index contributed by atoms with van der Waals surface area (Å²) in [4.78, 5) is 20.1. The van der Waals surface area contributed by atoms with Gasteiger partial charge in [-0.25, -0.2) is 9.67 Å². The lowest BCUT2D eigenvalue weighted by atomic mass is 10.2. The van der Waals surface area contributed by atoms with Gasteiger partial charge >= 0.3 is 0 Å². The van der Waals surface area contributed by atoms with E-state index in [1.54, 1.807) is 16.8 Å². The van der Waals surface area contributed by atoms with Gasteiger partial charge in [0.15, 0.2) is 0 Å². The number of rotatable bonds is 4. The van der Waals surface area contributed by atoms with E-state index in [1.165, 1.54) is 11.3 Å². The third-order valence-electron chi connectivity index (χ3n) is 4.03. The van der Waals surface area contributed by atoms with Gasteiger partial charge in [0.1, 0.15) is 16.3 Å². The molecule has 0 amide bonds. The molecule has 24 heavy (non-hydrogen) atoms. The molecule has 7 nitrogen and oxygen atoms in total. The zero-order valence-electron chi connectivity index (χ0n) is 13.2. The zero-order valence-corrected chi connectivity index (χ0v) is 14.0. The molecule has 4 rings (SSSR count). The number of fused-ring (bicyclic) bond motifs is 1. The first-order valence-corrected chi connectivity index (χ1v) is 8.75. The predicted molar refractivity (Wildman–Crippen MR) is 92.9 cm³/mol. The monoisotopic (exact) mass is 343 g/mol. The summed E-state index contributed by atoms with van der Waals surface area (Å²) < 4.78 is 7.39. The summed E-state index contributed by atoms with van der Waals surface area (Å²) in [5, 5.41) is 10.8. The number of hydrogen-bond donors (Lipinski definition) is 1. The first-order valence-electron chi connectivity index (χ1n) is 7.87. The minimum Gasteiger partial charge on any atom is -0.376 e. The molecule has 1 N–H and O–H groups in total. The van der Waals surface area contributed by atoms with Crippen molar-refractivity contribution >= 4 is 33.7 Å². The van der Waals surface area contributed by atoms with Crippen molar-refractivity contribution in [2.75, 3.05) is 6.61 Å². The van der Waals surface area contributed by atoms with Crippen molar-refractivity contribution in [2.45, 2.75) is 32.4 Å². The van der Waals surface area contributed by atoms with Crippen LogP contribution in [0.4, 0.5) is 0 Å². The van der Waals surface area contributed by atoms with E-state index in [-0.39, 0.29) is 11.7 Å². The van der Waals surface area contributed by atoms with E-state index in [0.717, 1.165) is 42.1 Å². The number of nitrogens with zero attached hydrogens (tertiary/aromatic N) is 4. The number of aryl methyl sites for hydroxylation is 1. The smallest absolute Gasteiger partial charge is 0.260 e. The summed E-state index contributed by atoms with van der Waals surface area (Å²) in [6.07, 6.45) is 7.81. The Bertz CT molecular complexity index is 949. The maximum atomic E-state index is 12.1. The number of ether oxygens (including phenoxy) is 1. The van der Waals surface area contributed by atoms with Gasteiger partial charge in [0.25, 0.3) is 5.56 Å². The Kier molecular flexibility index (Phi) is 3.99. The molecule has 1 fully saturated rings. The molecule has 3 aromatic rings. The Morgan fingerprint density at radius 2 is 2.42 bits per heavy atom. The highest BCUT2D eigenvalue weighted by Crippen LogP contribution is 2.20. The van der Waals surface area contributed by atoms with Crippen LogP contribution in [0.3, 0.4) is 0 Å². The average molecular weight is 343 g/mol.